The zero-order valence-corrected chi connectivity index (χ0v) is 34.8. The van der Waals surface area contributed by atoms with Gasteiger partial charge in [0.25, 0.3) is 0 Å². The average Bonchev–Trinajstić information content (AvgIpc) is 3.92. The first-order chi connectivity index (χ1) is 31.8. The topological polar surface area (TPSA) is 9.86 Å². The predicted octanol–water partition coefficient (Wildman–Crippen LogP) is 17.0. The second kappa shape index (κ2) is 13.5. The minimum absolute atomic E-state index is 1.15. The molecular weight excluding hydrogens is 773 g/mol. The van der Waals surface area contributed by atoms with Gasteiger partial charge in [-0.2, -0.15) is 0 Å². The second-order valence-electron chi connectivity index (χ2n) is 17.2. The molecule has 12 aromatic carbocycles. The van der Waals surface area contributed by atoms with Crippen molar-refractivity contribution in [2.75, 3.05) is 0 Å². The lowest BCUT2D eigenvalue weighted by Crippen LogP contribution is -2.00. The molecule has 0 aliphatic carbocycles. The average molecular weight is 811 g/mol. The van der Waals surface area contributed by atoms with E-state index in [4.69, 9.17) is 0 Å². The van der Waals surface area contributed by atoms with E-state index in [2.05, 4.69) is 240 Å². The second-order valence-corrected chi connectivity index (χ2v) is 17.2. The molecular formula is C62H38N2. The van der Waals surface area contributed by atoms with Crippen LogP contribution < -0.4 is 0 Å². The molecule has 0 N–H and O–H groups in total. The molecule has 2 aromatic heterocycles. The third kappa shape index (κ3) is 5.02. The summed E-state index contributed by atoms with van der Waals surface area (Å²) in [6.45, 7) is 0. The highest BCUT2D eigenvalue weighted by molar-refractivity contribution is 6.19. The van der Waals surface area contributed by atoms with E-state index in [0.717, 1.165) is 33.8 Å². The predicted molar refractivity (Wildman–Crippen MR) is 274 cm³/mol. The van der Waals surface area contributed by atoms with Gasteiger partial charge in [-0.3, -0.25) is 0 Å². The van der Waals surface area contributed by atoms with Gasteiger partial charge in [0.2, 0.25) is 0 Å². The summed E-state index contributed by atoms with van der Waals surface area (Å²) in [5, 5.41) is 19.8. The zero-order chi connectivity index (χ0) is 41.9. The summed E-state index contributed by atoms with van der Waals surface area (Å²) in [6.07, 6.45) is 0. The van der Waals surface area contributed by atoms with Crippen LogP contribution in [0.2, 0.25) is 0 Å². The standard InChI is InChI=1S/C62H38N2/c1-5-21-43-39(17-1)33-55(51-29-11-9-25-47(43)51)59-37-61-62(63(59)57-35-41-19-3-7-23-45(41)49-27-13-15-31-53(49)57)38-60(56-34-40-18-2-6-22-44(40)48-26-10-12-30-52(48)56)64(61)58-36-42-20-4-8-24-46(42)50-28-14-16-32-54(50)58/h1-38H. The van der Waals surface area contributed by atoms with Crippen molar-refractivity contribution >= 4 is 97.2 Å². The van der Waals surface area contributed by atoms with Gasteiger partial charge in [0.15, 0.2) is 0 Å². The monoisotopic (exact) mass is 810 g/mol. The Morgan fingerprint density at radius 2 is 0.453 bits per heavy atom. The molecule has 0 atom stereocenters. The molecule has 2 nitrogen and oxygen atoms in total. The Morgan fingerprint density at radius 1 is 0.203 bits per heavy atom. The van der Waals surface area contributed by atoms with Gasteiger partial charge in [0, 0.05) is 21.9 Å². The van der Waals surface area contributed by atoms with E-state index in [1.54, 1.807) is 0 Å². The summed E-state index contributed by atoms with van der Waals surface area (Å²) < 4.78 is 5.15. The molecule has 14 rings (SSSR count). The number of hydrogen-bond donors (Lipinski definition) is 0. The van der Waals surface area contributed by atoms with Crippen LogP contribution in [0.1, 0.15) is 0 Å². The first-order valence-corrected chi connectivity index (χ1v) is 22.2. The van der Waals surface area contributed by atoms with Gasteiger partial charge in [-0.1, -0.05) is 194 Å². The largest absolute Gasteiger partial charge is 0.307 e. The van der Waals surface area contributed by atoms with Crippen LogP contribution in [-0.2, 0) is 0 Å². The lowest BCUT2D eigenvalue weighted by atomic mass is 9.95. The van der Waals surface area contributed by atoms with Crippen LogP contribution in [0.15, 0.2) is 231 Å². The summed E-state index contributed by atoms with van der Waals surface area (Å²) in [4.78, 5) is 0. The summed E-state index contributed by atoms with van der Waals surface area (Å²) in [5.74, 6) is 0. The van der Waals surface area contributed by atoms with Gasteiger partial charge >= 0.3 is 0 Å². The summed E-state index contributed by atoms with van der Waals surface area (Å²) in [5.41, 5.74) is 9.33. The highest BCUT2D eigenvalue weighted by Crippen LogP contribution is 2.47. The highest BCUT2D eigenvalue weighted by atomic mass is 15.1. The van der Waals surface area contributed by atoms with Crippen molar-refractivity contribution in [3.05, 3.63) is 231 Å². The number of rotatable bonds is 4. The van der Waals surface area contributed by atoms with E-state index in [1.807, 2.05) is 0 Å². The van der Waals surface area contributed by atoms with Gasteiger partial charge in [-0.15, -0.1) is 0 Å². The molecule has 0 amide bonds. The van der Waals surface area contributed by atoms with Crippen LogP contribution in [0.25, 0.3) is 131 Å². The van der Waals surface area contributed by atoms with Crippen molar-refractivity contribution in [1.29, 1.82) is 0 Å². The van der Waals surface area contributed by atoms with Gasteiger partial charge in [0.1, 0.15) is 0 Å². The summed E-state index contributed by atoms with van der Waals surface area (Å²) in [6, 6.07) is 85.7. The van der Waals surface area contributed by atoms with Crippen molar-refractivity contribution < 1.29 is 0 Å². The fourth-order valence-corrected chi connectivity index (χ4v) is 11.0. The smallest absolute Gasteiger partial charge is 0.0724 e. The molecule has 0 fully saturated rings. The quantitative estimate of drug-likeness (QED) is 0.157. The van der Waals surface area contributed by atoms with Crippen molar-refractivity contribution in [1.82, 2.24) is 9.13 Å². The minimum atomic E-state index is 1.15. The zero-order valence-electron chi connectivity index (χ0n) is 34.8. The molecule has 0 saturated carbocycles. The molecule has 0 aliphatic rings. The first-order valence-electron chi connectivity index (χ1n) is 22.2. The summed E-state index contributed by atoms with van der Waals surface area (Å²) >= 11 is 0. The maximum absolute atomic E-state index is 2.58. The van der Waals surface area contributed by atoms with Gasteiger partial charge in [-0.05, 0) is 112 Å². The normalized spacial score (nSPS) is 12.1. The van der Waals surface area contributed by atoms with Crippen LogP contribution in [0, 0.1) is 0 Å². The van der Waals surface area contributed by atoms with Crippen molar-refractivity contribution in [2.45, 2.75) is 0 Å². The van der Waals surface area contributed by atoms with E-state index in [1.165, 1.54) is 97.3 Å². The van der Waals surface area contributed by atoms with Crippen LogP contribution >= 0.6 is 0 Å². The van der Waals surface area contributed by atoms with Crippen LogP contribution in [0.3, 0.4) is 0 Å². The van der Waals surface area contributed by atoms with Gasteiger partial charge < -0.3 is 9.13 Å². The molecule has 0 bridgehead atoms. The molecule has 64 heavy (non-hydrogen) atoms. The van der Waals surface area contributed by atoms with Crippen molar-refractivity contribution in [2.24, 2.45) is 0 Å². The van der Waals surface area contributed by atoms with Crippen LogP contribution in [0.5, 0.6) is 0 Å². The molecule has 2 heterocycles. The fourth-order valence-electron chi connectivity index (χ4n) is 11.0. The van der Waals surface area contributed by atoms with E-state index in [-0.39, 0.29) is 0 Å². The Hall–Kier alpha value is -8.46. The maximum Gasteiger partial charge on any atom is 0.0724 e. The number of fused-ring (bicyclic) bond motifs is 13. The molecule has 0 unspecified atom stereocenters. The van der Waals surface area contributed by atoms with Crippen LogP contribution in [-0.4, -0.2) is 9.13 Å². The van der Waals surface area contributed by atoms with E-state index >= 15 is 0 Å². The van der Waals surface area contributed by atoms with Crippen molar-refractivity contribution in [3.63, 3.8) is 0 Å². The van der Waals surface area contributed by atoms with Crippen molar-refractivity contribution in [3.8, 4) is 33.9 Å². The summed E-state index contributed by atoms with van der Waals surface area (Å²) in [7, 11) is 0. The first kappa shape index (κ1) is 35.2. The number of aromatic nitrogens is 2. The minimum Gasteiger partial charge on any atom is -0.307 e. The molecule has 0 aliphatic heterocycles. The van der Waals surface area contributed by atoms with Gasteiger partial charge in [-0.25, -0.2) is 0 Å². The highest BCUT2D eigenvalue weighted by Gasteiger charge is 2.26. The lowest BCUT2D eigenvalue weighted by molar-refractivity contribution is 1.16. The fraction of sp³-hybridized carbons (Fsp3) is 0. The molecule has 2 heteroatoms. The van der Waals surface area contributed by atoms with Crippen LogP contribution in [0.4, 0.5) is 0 Å². The molecule has 0 radical (unpaired) electrons. The van der Waals surface area contributed by atoms with Gasteiger partial charge in [0.05, 0.1) is 33.8 Å². The molecule has 296 valence electrons. The third-order valence-electron chi connectivity index (χ3n) is 13.8. The number of nitrogens with zero attached hydrogens (tertiary/aromatic N) is 2. The Labute approximate surface area is 369 Å². The third-order valence-corrected chi connectivity index (χ3v) is 13.8. The molecule has 0 saturated heterocycles. The molecule has 14 aromatic rings. The lowest BCUT2D eigenvalue weighted by Gasteiger charge is -2.18. The molecule has 0 spiro atoms. The Kier molecular flexibility index (Phi) is 7.43. The number of hydrogen-bond acceptors (Lipinski definition) is 0. The Morgan fingerprint density at radius 3 is 0.797 bits per heavy atom. The SMILES string of the molecule is c1ccc2c(c1)cc(-c1cc3c(cc(-c4cc5ccccc5c5ccccc45)n3-c3cc4ccccc4c4ccccc34)n1-c1cc3ccccc3c3ccccc13)c1ccccc12. The maximum atomic E-state index is 2.58. The number of benzene rings is 12. The Bertz CT molecular complexity index is 3980. The Balaban J connectivity index is 1.22. The van der Waals surface area contributed by atoms with E-state index < -0.39 is 0 Å². The van der Waals surface area contributed by atoms with E-state index in [9.17, 15) is 0 Å². The van der Waals surface area contributed by atoms with E-state index in [0.29, 0.717) is 0 Å².